The maximum atomic E-state index is 14.5. The van der Waals surface area contributed by atoms with Gasteiger partial charge in [0.25, 0.3) is 0 Å². The second-order valence-corrected chi connectivity index (χ2v) is 9.30. The molecule has 0 radical (unpaired) electrons. The fourth-order valence-electron chi connectivity index (χ4n) is 4.49. The van der Waals surface area contributed by atoms with Crippen LogP contribution in [-0.4, -0.2) is 83.6 Å². The van der Waals surface area contributed by atoms with Gasteiger partial charge in [0.15, 0.2) is 17.1 Å². The lowest BCUT2D eigenvalue weighted by atomic mass is 9.96. The standard InChI is InChI=1S/C27H33ClFN5O3/c1-5-34(6-2)10-9-33(3)11-12-37-22-14-18(15-29)23-24(26(22)36-4)19-16-30-32-27(19)31-25(23)17-7-8-21(35)20(28)13-17/h7-8,13-14,16,35H,5-6,9-12,15H2,1-4H3,(H,30,31,32). The number of nitrogens with zero attached hydrogens (tertiary/aromatic N) is 4. The topological polar surface area (TPSA) is 86.7 Å². The Hall–Kier alpha value is -3.14. The molecule has 0 aliphatic carbocycles. The van der Waals surface area contributed by atoms with Crippen LogP contribution in [0.4, 0.5) is 4.39 Å². The number of aromatic hydroxyl groups is 1. The first-order valence-corrected chi connectivity index (χ1v) is 12.7. The van der Waals surface area contributed by atoms with Crippen molar-refractivity contribution in [2.24, 2.45) is 0 Å². The molecular weight excluding hydrogens is 497 g/mol. The Bertz CT molecular complexity index is 1380. The first-order valence-electron chi connectivity index (χ1n) is 12.4. The van der Waals surface area contributed by atoms with Gasteiger partial charge in [-0.2, -0.15) is 5.10 Å². The van der Waals surface area contributed by atoms with E-state index in [2.05, 4.69) is 40.9 Å². The number of H-pyrrole nitrogens is 1. The summed E-state index contributed by atoms with van der Waals surface area (Å²) < 4.78 is 26.5. The fraction of sp³-hybridized carbons (Fsp3) is 0.407. The van der Waals surface area contributed by atoms with Crippen LogP contribution in [0.25, 0.3) is 33.1 Å². The van der Waals surface area contributed by atoms with Gasteiger partial charge in [0.1, 0.15) is 19.0 Å². The van der Waals surface area contributed by atoms with Crippen molar-refractivity contribution in [2.45, 2.75) is 20.5 Å². The number of phenols is 1. The van der Waals surface area contributed by atoms with E-state index < -0.39 is 6.67 Å². The van der Waals surface area contributed by atoms with E-state index in [1.54, 1.807) is 31.5 Å². The number of nitrogens with one attached hydrogen (secondary N) is 1. The Balaban J connectivity index is 1.73. The molecule has 0 bridgehead atoms. The molecule has 0 aliphatic rings. The first-order chi connectivity index (χ1) is 17.9. The van der Waals surface area contributed by atoms with Crippen LogP contribution in [0.1, 0.15) is 19.4 Å². The highest BCUT2D eigenvalue weighted by molar-refractivity contribution is 6.32. The largest absolute Gasteiger partial charge is 0.506 e. The van der Waals surface area contributed by atoms with E-state index in [-0.39, 0.29) is 10.8 Å². The number of methoxy groups -OCH3 is 1. The van der Waals surface area contributed by atoms with Gasteiger partial charge < -0.3 is 24.4 Å². The molecule has 2 aromatic carbocycles. The van der Waals surface area contributed by atoms with Crippen LogP contribution in [-0.2, 0) is 6.67 Å². The SMILES string of the molecule is CCN(CC)CCN(C)CCOc1cc(CF)c2c(-c3ccc(O)c(Cl)c3)nc3[nH]ncc3c2c1OC. The minimum absolute atomic E-state index is 0.0432. The molecule has 2 heterocycles. The van der Waals surface area contributed by atoms with Crippen molar-refractivity contribution in [3.05, 3.63) is 41.0 Å². The minimum atomic E-state index is -0.732. The summed E-state index contributed by atoms with van der Waals surface area (Å²) in [5.41, 5.74) is 2.06. The van der Waals surface area contributed by atoms with Crippen molar-refractivity contribution in [1.29, 1.82) is 0 Å². The lowest BCUT2D eigenvalue weighted by Gasteiger charge is -2.23. The van der Waals surface area contributed by atoms with E-state index in [0.29, 0.717) is 63.3 Å². The van der Waals surface area contributed by atoms with Crippen LogP contribution in [0.15, 0.2) is 30.5 Å². The predicted octanol–water partition coefficient (Wildman–Crippen LogP) is 5.27. The number of aromatic nitrogens is 3. The quantitative estimate of drug-likeness (QED) is 0.258. The van der Waals surface area contributed by atoms with E-state index >= 15 is 0 Å². The van der Waals surface area contributed by atoms with E-state index in [4.69, 9.17) is 26.1 Å². The van der Waals surface area contributed by atoms with Crippen molar-refractivity contribution in [3.63, 3.8) is 0 Å². The molecular formula is C27H33ClFN5O3. The maximum Gasteiger partial charge on any atom is 0.169 e. The number of hydrogen-bond acceptors (Lipinski definition) is 7. The zero-order valence-electron chi connectivity index (χ0n) is 21.6. The Morgan fingerprint density at radius 2 is 1.89 bits per heavy atom. The van der Waals surface area contributed by atoms with Crippen molar-refractivity contribution in [2.75, 3.05) is 53.5 Å². The summed E-state index contributed by atoms with van der Waals surface area (Å²) in [6, 6.07) is 6.46. The van der Waals surface area contributed by atoms with Gasteiger partial charge in [-0.15, -0.1) is 0 Å². The van der Waals surface area contributed by atoms with Crippen LogP contribution in [0.3, 0.4) is 0 Å². The maximum absolute atomic E-state index is 14.5. The summed E-state index contributed by atoms with van der Waals surface area (Å²) in [5.74, 6) is 0.902. The third kappa shape index (κ3) is 5.58. The zero-order valence-corrected chi connectivity index (χ0v) is 22.4. The van der Waals surface area contributed by atoms with Gasteiger partial charge in [-0.3, -0.25) is 5.10 Å². The molecule has 0 saturated heterocycles. The number of alkyl halides is 1. The predicted molar refractivity (Wildman–Crippen MR) is 146 cm³/mol. The summed E-state index contributed by atoms with van der Waals surface area (Å²) in [6.07, 6.45) is 1.65. The number of phenolic OH excluding ortho intramolecular Hbond substituents is 1. The monoisotopic (exact) mass is 529 g/mol. The summed E-state index contributed by atoms with van der Waals surface area (Å²) in [4.78, 5) is 9.31. The first kappa shape index (κ1) is 26.9. The third-order valence-electron chi connectivity index (χ3n) is 6.67. The number of halogens is 2. The lowest BCUT2D eigenvalue weighted by molar-refractivity contribution is 0.203. The molecule has 37 heavy (non-hydrogen) atoms. The van der Waals surface area contributed by atoms with Gasteiger partial charge in [-0.25, -0.2) is 9.37 Å². The van der Waals surface area contributed by atoms with Crippen molar-refractivity contribution in [3.8, 4) is 28.5 Å². The lowest BCUT2D eigenvalue weighted by Crippen LogP contribution is -2.34. The number of aromatic amines is 1. The van der Waals surface area contributed by atoms with Gasteiger partial charge in [-0.05, 0) is 50.0 Å². The van der Waals surface area contributed by atoms with E-state index in [1.165, 1.54) is 6.07 Å². The molecule has 0 saturated carbocycles. The van der Waals surface area contributed by atoms with Crippen LogP contribution in [0, 0.1) is 0 Å². The Labute approximate surface area is 220 Å². The molecule has 0 spiro atoms. The van der Waals surface area contributed by atoms with Gasteiger partial charge in [0, 0.05) is 36.0 Å². The molecule has 8 nitrogen and oxygen atoms in total. The van der Waals surface area contributed by atoms with Crippen LogP contribution < -0.4 is 9.47 Å². The van der Waals surface area contributed by atoms with Crippen molar-refractivity contribution in [1.82, 2.24) is 25.0 Å². The molecule has 198 valence electrons. The number of benzene rings is 2. The number of likely N-dealkylation sites (N-methyl/N-ethyl adjacent to an activating group) is 2. The molecule has 0 atom stereocenters. The van der Waals surface area contributed by atoms with Gasteiger partial charge in [-0.1, -0.05) is 25.4 Å². The Kier molecular flexibility index (Phi) is 8.68. The van der Waals surface area contributed by atoms with Crippen LogP contribution >= 0.6 is 11.6 Å². The number of hydrogen-bond donors (Lipinski definition) is 2. The summed E-state index contributed by atoms with van der Waals surface area (Å²) >= 11 is 6.19. The van der Waals surface area contributed by atoms with Gasteiger partial charge in [0.2, 0.25) is 0 Å². The molecule has 4 rings (SSSR count). The van der Waals surface area contributed by atoms with E-state index in [9.17, 15) is 9.50 Å². The third-order valence-corrected chi connectivity index (χ3v) is 6.97. The highest BCUT2D eigenvalue weighted by Gasteiger charge is 2.23. The van der Waals surface area contributed by atoms with E-state index in [0.717, 1.165) is 26.2 Å². The summed E-state index contributed by atoms with van der Waals surface area (Å²) in [6.45, 7) is 8.69. The fourth-order valence-corrected chi connectivity index (χ4v) is 4.67. The highest BCUT2D eigenvalue weighted by atomic mass is 35.5. The van der Waals surface area contributed by atoms with Crippen molar-refractivity contribution >= 4 is 33.4 Å². The molecule has 2 N–H and O–H groups in total. The second kappa shape index (κ2) is 11.9. The summed E-state index contributed by atoms with van der Waals surface area (Å²) in [5, 5.41) is 19.1. The smallest absolute Gasteiger partial charge is 0.169 e. The normalized spacial score (nSPS) is 11.8. The Morgan fingerprint density at radius 1 is 1.11 bits per heavy atom. The molecule has 2 aromatic heterocycles. The number of ether oxygens (including phenoxy) is 2. The zero-order chi connectivity index (χ0) is 26.5. The minimum Gasteiger partial charge on any atom is -0.506 e. The number of pyridine rings is 1. The molecule has 10 heteroatoms. The highest BCUT2D eigenvalue weighted by Crippen LogP contribution is 2.45. The Morgan fingerprint density at radius 3 is 2.57 bits per heavy atom. The molecule has 4 aromatic rings. The van der Waals surface area contributed by atoms with Crippen molar-refractivity contribution < 1.29 is 19.0 Å². The molecule has 0 amide bonds. The average molecular weight is 530 g/mol. The molecule has 0 unspecified atom stereocenters. The average Bonchev–Trinajstić information content (AvgIpc) is 3.38. The molecule has 0 fully saturated rings. The van der Waals surface area contributed by atoms with E-state index in [1.807, 2.05) is 0 Å². The van der Waals surface area contributed by atoms with Crippen LogP contribution in [0.5, 0.6) is 17.2 Å². The van der Waals surface area contributed by atoms with Gasteiger partial charge >= 0.3 is 0 Å². The second-order valence-electron chi connectivity index (χ2n) is 8.89. The van der Waals surface area contributed by atoms with Crippen LogP contribution in [0.2, 0.25) is 5.02 Å². The van der Waals surface area contributed by atoms with Gasteiger partial charge in [0.05, 0.1) is 29.4 Å². The summed E-state index contributed by atoms with van der Waals surface area (Å²) in [7, 11) is 3.63. The number of fused-ring (bicyclic) bond motifs is 3. The number of rotatable bonds is 12. The molecule has 0 aliphatic heterocycles.